The molecule has 0 fully saturated rings. The molecule has 0 heterocycles. The fourth-order valence-electron chi connectivity index (χ4n) is 3.87. The van der Waals surface area contributed by atoms with Crippen LogP contribution in [0, 0.1) is 0 Å². The molecule has 214 valence electrons. The number of methoxy groups -OCH3 is 1. The Labute approximate surface area is 235 Å². The van der Waals surface area contributed by atoms with Crippen LogP contribution >= 0.6 is 11.6 Å². The maximum Gasteiger partial charge on any atom is 0.416 e. The molecule has 0 aromatic heterocycles. The number of hydrogen-bond donors (Lipinski definition) is 1. The van der Waals surface area contributed by atoms with Gasteiger partial charge in [-0.2, -0.15) is 13.2 Å². The summed E-state index contributed by atoms with van der Waals surface area (Å²) in [6, 6.07) is 14.7. The maximum absolute atomic E-state index is 13.8. The maximum atomic E-state index is 13.8. The third kappa shape index (κ3) is 7.05. The molecule has 8 nitrogen and oxygen atoms in total. The summed E-state index contributed by atoms with van der Waals surface area (Å²) in [7, 11) is -1.75. The molecule has 0 aliphatic carbocycles. The summed E-state index contributed by atoms with van der Waals surface area (Å²) in [4.78, 5) is 27.2. The van der Waals surface area contributed by atoms with E-state index in [2.05, 4.69) is 5.32 Å². The molecule has 40 heavy (non-hydrogen) atoms. The van der Waals surface area contributed by atoms with Crippen molar-refractivity contribution in [2.75, 3.05) is 25.0 Å². The number of anilines is 1. The Balaban J connectivity index is 2.13. The summed E-state index contributed by atoms with van der Waals surface area (Å²) < 4.78 is 73.9. The zero-order valence-electron chi connectivity index (χ0n) is 21.8. The van der Waals surface area contributed by atoms with Crippen molar-refractivity contribution in [3.63, 3.8) is 0 Å². The molecule has 13 heteroatoms. The second kappa shape index (κ2) is 12.6. The van der Waals surface area contributed by atoms with Crippen LogP contribution in [0.25, 0.3) is 0 Å². The number of alkyl halides is 3. The number of sulfonamides is 1. The Kier molecular flexibility index (Phi) is 9.69. The first-order chi connectivity index (χ1) is 18.8. The number of carbonyl (C=O) groups is 2. The van der Waals surface area contributed by atoms with Crippen LogP contribution in [0.1, 0.15) is 18.1 Å². The first kappa shape index (κ1) is 30.8. The van der Waals surface area contributed by atoms with Gasteiger partial charge in [0, 0.05) is 13.6 Å². The minimum absolute atomic E-state index is 0.125. The van der Waals surface area contributed by atoms with Gasteiger partial charge < -0.3 is 15.0 Å². The van der Waals surface area contributed by atoms with Crippen LogP contribution < -0.4 is 14.4 Å². The topological polar surface area (TPSA) is 96.0 Å². The van der Waals surface area contributed by atoms with Gasteiger partial charge in [0.05, 0.1) is 28.3 Å². The molecule has 2 amide bonds. The Morgan fingerprint density at radius 1 is 1.02 bits per heavy atom. The Morgan fingerprint density at radius 2 is 1.70 bits per heavy atom. The van der Waals surface area contributed by atoms with Crippen LogP contribution in [0.3, 0.4) is 0 Å². The van der Waals surface area contributed by atoms with Crippen LogP contribution in [0.5, 0.6) is 5.75 Å². The lowest BCUT2D eigenvalue weighted by molar-refractivity contribution is -0.139. The smallest absolute Gasteiger partial charge is 0.416 e. The van der Waals surface area contributed by atoms with Crippen LogP contribution in [0.4, 0.5) is 18.9 Å². The Hall–Kier alpha value is -3.77. The molecule has 0 saturated carbocycles. The lowest BCUT2D eigenvalue weighted by Gasteiger charge is -2.32. The van der Waals surface area contributed by atoms with Gasteiger partial charge in [0.2, 0.25) is 11.8 Å². The number of likely N-dealkylation sites (N-methyl/N-ethyl adjacent to an activating group) is 1. The van der Waals surface area contributed by atoms with Crippen LogP contribution in [0.2, 0.25) is 5.02 Å². The molecule has 0 bridgehead atoms. The summed E-state index contributed by atoms with van der Waals surface area (Å²) in [6.07, 6.45) is -4.81. The molecule has 0 aliphatic rings. The predicted octanol–water partition coefficient (Wildman–Crippen LogP) is 4.73. The summed E-state index contributed by atoms with van der Waals surface area (Å²) in [6.45, 7) is 0.383. The van der Waals surface area contributed by atoms with Gasteiger partial charge in [-0.05, 0) is 55.0 Å². The minimum atomic E-state index is -4.81. The molecule has 3 rings (SSSR count). The van der Waals surface area contributed by atoms with E-state index < -0.39 is 51.9 Å². The highest BCUT2D eigenvalue weighted by atomic mass is 35.5. The number of carbonyl (C=O) groups excluding carboxylic acids is 2. The van der Waals surface area contributed by atoms with Crippen molar-refractivity contribution >= 4 is 39.1 Å². The van der Waals surface area contributed by atoms with Gasteiger partial charge >= 0.3 is 6.18 Å². The van der Waals surface area contributed by atoms with Gasteiger partial charge in [-0.1, -0.05) is 41.9 Å². The van der Waals surface area contributed by atoms with Gasteiger partial charge in [-0.15, -0.1) is 0 Å². The number of amides is 2. The third-order valence-electron chi connectivity index (χ3n) is 6.05. The molecular weight excluding hydrogens is 571 g/mol. The van der Waals surface area contributed by atoms with Crippen molar-refractivity contribution in [3.8, 4) is 5.75 Å². The number of nitrogens with zero attached hydrogens (tertiary/aromatic N) is 2. The average molecular weight is 598 g/mol. The number of halogens is 4. The number of ether oxygens (including phenoxy) is 1. The van der Waals surface area contributed by atoms with E-state index in [0.717, 1.165) is 11.0 Å². The highest BCUT2D eigenvalue weighted by Gasteiger charge is 2.36. The van der Waals surface area contributed by atoms with Gasteiger partial charge in [0.1, 0.15) is 18.3 Å². The van der Waals surface area contributed by atoms with Crippen LogP contribution in [0.15, 0.2) is 77.7 Å². The number of nitrogens with one attached hydrogen (secondary N) is 1. The quantitative estimate of drug-likeness (QED) is 0.365. The van der Waals surface area contributed by atoms with Gasteiger partial charge in [0.25, 0.3) is 10.0 Å². The predicted molar refractivity (Wildman–Crippen MR) is 145 cm³/mol. The molecule has 1 N–H and O–H groups in total. The van der Waals surface area contributed by atoms with Crippen LogP contribution in [-0.2, 0) is 32.3 Å². The standard InChI is InChI=1S/C27H27ClF3N3O5S/c1-18(26(36)32-2)33(16-19-8-7-9-21(14-19)39-3)25(35)17-34(40(37,38)22-10-5-4-6-11-22)24-15-20(27(29,30)31)12-13-23(24)28/h4-15,18H,16-17H2,1-3H3,(H,32,36)/t18-/m1/s1. The second-order valence-corrected chi connectivity index (χ2v) is 10.9. The normalized spacial score (nSPS) is 12.4. The molecular formula is C27H27ClF3N3O5S. The van der Waals surface area contributed by atoms with E-state index in [0.29, 0.717) is 27.8 Å². The van der Waals surface area contributed by atoms with Crippen LogP contribution in [-0.4, -0.2) is 51.9 Å². The number of benzene rings is 3. The third-order valence-corrected chi connectivity index (χ3v) is 8.15. The second-order valence-electron chi connectivity index (χ2n) is 8.65. The molecule has 1 atom stereocenters. The number of rotatable bonds is 10. The summed E-state index contributed by atoms with van der Waals surface area (Å²) in [5.41, 5.74) is -1.12. The summed E-state index contributed by atoms with van der Waals surface area (Å²) >= 11 is 6.22. The van der Waals surface area contributed by atoms with Gasteiger partial charge in [-0.25, -0.2) is 8.42 Å². The molecule has 0 unspecified atom stereocenters. The van der Waals surface area contributed by atoms with E-state index in [9.17, 15) is 31.2 Å². The van der Waals surface area contributed by atoms with Crippen molar-refractivity contribution in [3.05, 3.63) is 88.9 Å². The van der Waals surface area contributed by atoms with Crippen molar-refractivity contribution in [1.29, 1.82) is 0 Å². The van der Waals surface area contributed by atoms with E-state index in [-0.39, 0.29) is 16.5 Å². The van der Waals surface area contributed by atoms with E-state index in [4.69, 9.17) is 16.3 Å². The number of hydrogen-bond acceptors (Lipinski definition) is 5. The lowest BCUT2D eigenvalue weighted by atomic mass is 10.1. The van der Waals surface area contributed by atoms with Gasteiger partial charge in [-0.3, -0.25) is 13.9 Å². The van der Waals surface area contributed by atoms with Crippen molar-refractivity contribution in [1.82, 2.24) is 10.2 Å². The first-order valence-electron chi connectivity index (χ1n) is 11.9. The van der Waals surface area contributed by atoms with Crippen molar-refractivity contribution in [2.24, 2.45) is 0 Å². The molecule has 0 saturated heterocycles. The summed E-state index contributed by atoms with van der Waals surface area (Å²) in [5, 5.41) is 2.13. The van der Waals surface area contributed by atoms with E-state index in [1.807, 2.05) is 0 Å². The summed E-state index contributed by atoms with van der Waals surface area (Å²) in [5.74, 6) is -0.903. The van der Waals surface area contributed by atoms with E-state index >= 15 is 0 Å². The van der Waals surface area contributed by atoms with Gasteiger partial charge in [0.15, 0.2) is 0 Å². The highest BCUT2D eigenvalue weighted by molar-refractivity contribution is 7.92. The minimum Gasteiger partial charge on any atom is -0.497 e. The Bertz CT molecular complexity index is 1470. The molecule has 0 spiro atoms. The molecule has 0 aliphatic heterocycles. The molecule has 3 aromatic carbocycles. The monoisotopic (exact) mass is 597 g/mol. The largest absolute Gasteiger partial charge is 0.497 e. The first-order valence-corrected chi connectivity index (χ1v) is 13.7. The zero-order valence-corrected chi connectivity index (χ0v) is 23.3. The molecule has 3 aromatic rings. The fraction of sp³-hybridized carbons (Fsp3) is 0.259. The SMILES string of the molecule is CNC(=O)[C@@H](C)N(Cc1cccc(OC)c1)C(=O)CN(c1cc(C(F)(F)F)ccc1Cl)S(=O)(=O)c1ccccc1. The fourth-order valence-corrected chi connectivity index (χ4v) is 5.59. The average Bonchev–Trinajstić information content (AvgIpc) is 2.94. The molecule has 0 radical (unpaired) electrons. The lowest BCUT2D eigenvalue weighted by Crippen LogP contribution is -2.50. The van der Waals surface area contributed by atoms with Crippen molar-refractivity contribution in [2.45, 2.75) is 30.6 Å². The van der Waals surface area contributed by atoms with E-state index in [1.54, 1.807) is 30.3 Å². The van der Waals surface area contributed by atoms with Crippen molar-refractivity contribution < 1.29 is 35.9 Å². The van der Waals surface area contributed by atoms with E-state index in [1.165, 1.54) is 45.3 Å². The Morgan fingerprint density at radius 3 is 2.30 bits per heavy atom. The zero-order chi connectivity index (χ0) is 29.7. The highest BCUT2D eigenvalue weighted by Crippen LogP contribution is 2.37.